The largest absolute Gasteiger partial charge is 0.349 e. The average Bonchev–Trinajstić information content (AvgIpc) is 2.43. The quantitative estimate of drug-likeness (QED) is 0.793. The molecule has 0 radical (unpaired) electrons. The molecule has 0 saturated heterocycles. The molecule has 0 aliphatic carbocycles. The summed E-state index contributed by atoms with van der Waals surface area (Å²) in [7, 11) is 0. The van der Waals surface area contributed by atoms with Gasteiger partial charge in [-0.2, -0.15) is 0 Å². The van der Waals surface area contributed by atoms with Gasteiger partial charge in [-0.05, 0) is 25.3 Å². The van der Waals surface area contributed by atoms with Gasteiger partial charge in [0, 0.05) is 6.54 Å². The number of carbonyl (C=O) groups excluding carboxylic acids is 1. The zero-order valence-electron chi connectivity index (χ0n) is 12.3. The van der Waals surface area contributed by atoms with Gasteiger partial charge in [0.15, 0.2) is 0 Å². The normalized spacial score (nSPS) is 13.9. The van der Waals surface area contributed by atoms with Crippen LogP contribution >= 0.6 is 0 Å². The number of nitrogens with two attached hydrogens (primary N) is 1. The number of nitrogens with one attached hydrogen (secondary N) is 1. The fourth-order valence-corrected chi connectivity index (χ4v) is 2.21. The van der Waals surface area contributed by atoms with Crippen LogP contribution in [0.3, 0.4) is 0 Å². The van der Waals surface area contributed by atoms with Crippen LogP contribution in [0.4, 0.5) is 0 Å². The zero-order valence-corrected chi connectivity index (χ0v) is 12.3. The lowest BCUT2D eigenvalue weighted by molar-refractivity contribution is -0.125. The zero-order chi connectivity index (χ0) is 14.3. The lowest BCUT2D eigenvalue weighted by Gasteiger charge is -2.21. The molecule has 1 rings (SSSR count). The van der Waals surface area contributed by atoms with Gasteiger partial charge in [0.05, 0.1) is 12.0 Å². The Morgan fingerprint density at radius 1 is 1.26 bits per heavy atom. The molecule has 1 aromatic rings. The van der Waals surface area contributed by atoms with E-state index in [-0.39, 0.29) is 17.9 Å². The van der Waals surface area contributed by atoms with Crippen LogP contribution in [0.1, 0.15) is 50.3 Å². The summed E-state index contributed by atoms with van der Waals surface area (Å²) in [6, 6.07) is 8.41. The van der Waals surface area contributed by atoms with E-state index in [0.29, 0.717) is 6.54 Å². The summed E-state index contributed by atoms with van der Waals surface area (Å²) in [5.41, 5.74) is 8.07. The summed E-state index contributed by atoms with van der Waals surface area (Å²) in [6.45, 7) is 6.65. The van der Waals surface area contributed by atoms with Crippen LogP contribution in [0.15, 0.2) is 24.3 Å². The highest BCUT2D eigenvalue weighted by molar-refractivity contribution is 5.79. The van der Waals surface area contributed by atoms with E-state index in [4.69, 9.17) is 5.73 Å². The van der Waals surface area contributed by atoms with Gasteiger partial charge in [0.25, 0.3) is 0 Å². The summed E-state index contributed by atoms with van der Waals surface area (Å²) in [5.74, 6) is 0.0151. The van der Waals surface area contributed by atoms with Gasteiger partial charge in [-0.25, -0.2) is 0 Å². The van der Waals surface area contributed by atoms with Gasteiger partial charge in [-0.1, -0.05) is 50.1 Å². The molecule has 0 fully saturated rings. The molecule has 0 saturated carbocycles. The highest BCUT2D eigenvalue weighted by atomic mass is 16.1. The molecule has 0 heterocycles. The minimum absolute atomic E-state index is 0.0653. The second-order valence-electron chi connectivity index (χ2n) is 5.10. The third-order valence-electron chi connectivity index (χ3n) is 3.50. The Morgan fingerprint density at radius 2 is 1.89 bits per heavy atom. The molecule has 19 heavy (non-hydrogen) atoms. The molecule has 2 unspecified atom stereocenters. The highest BCUT2D eigenvalue weighted by Crippen LogP contribution is 2.18. The second kappa shape index (κ2) is 7.95. The summed E-state index contributed by atoms with van der Waals surface area (Å²) in [5, 5.41) is 3.12. The van der Waals surface area contributed by atoms with Crippen LogP contribution in [0.2, 0.25) is 0 Å². The van der Waals surface area contributed by atoms with Crippen LogP contribution in [-0.4, -0.2) is 12.5 Å². The lowest BCUT2D eigenvalue weighted by Crippen LogP contribution is -2.37. The van der Waals surface area contributed by atoms with E-state index in [1.807, 2.05) is 0 Å². The van der Waals surface area contributed by atoms with E-state index in [1.165, 1.54) is 5.56 Å². The molecule has 106 valence electrons. The Morgan fingerprint density at radius 3 is 2.37 bits per heavy atom. The first-order valence-corrected chi connectivity index (χ1v) is 7.19. The Balaban J connectivity index is 2.70. The van der Waals surface area contributed by atoms with Gasteiger partial charge >= 0.3 is 0 Å². The molecule has 0 aliphatic rings. The lowest BCUT2D eigenvalue weighted by atomic mass is 9.99. The smallest absolute Gasteiger partial charge is 0.224 e. The van der Waals surface area contributed by atoms with Crippen molar-refractivity contribution in [2.24, 2.45) is 11.7 Å². The van der Waals surface area contributed by atoms with Crippen molar-refractivity contribution >= 4 is 5.91 Å². The van der Waals surface area contributed by atoms with Crippen molar-refractivity contribution < 1.29 is 4.79 Å². The summed E-state index contributed by atoms with van der Waals surface area (Å²) < 4.78 is 0. The molecule has 0 spiro atoms. The standard InChI is InChI=1S/C16H26N2O/c1-4-6-14(11-17)16(19)18-15(5-2)13-9-7-12(3)8-10-13/h7-10,14-15H,4-6,11,17H2,1-3H3,(H,18,19). The van der Waals surface area contributed by atoms with Crippen molar-refractivity contribution in [3.05, 3.63) is 35.4 Å². The molecule has 3 heteroatoms. The Kier molecular flexibility index (Phi) is 6.57. The Labute approximate surface area is 116 Å². The molecule has 0 aliphatic heterocycles. The summed E-state index contributed by atoms with van der Waals surface area (Å²) in [6.07, 6.45) is 2.72. The van der Waals surface area contributed by atoms with Crippen LogP contribution in [-0.2, 0) is 4.79 Å². The number of hydrogen-bond acceptors (Lipinski definition) is 2. The maximum atomic E-state index is 12.2. The Hall–Kier alpha value is -1.35. The van der Waals surface area contributed by atoms with Crippen molar-refractivity contribution in [2.75, 3.05) is 6.54 Å². The average molecular weight is 262 g/mol. The SMILES string of the molecule is CCCC(CN)C(=O)NC(CC)c1ccc(C)cc1. The second-order valence-corrected chi connectivity index (χ2v) is 5.10. The van der Waals surface area contributed by atoms with Gasteiger partial charge in [-0.3, -0.25) is 4.79 Å². The first kappa shape index (κ1) is 15.7. The number of aryl methyl sites for hydroxylation is 1. The van der Waals surface area contributed by atoms with Crippen LogP contribution < -0.4 is 11.1 Å². The fraction of sp³-hybridized carbons (Fsp3) is 0.562. The molecule has 3 N–H and O–H groups in total. The minimum atomic E-state index is -0.0653. The third-order valence-corrected chi connectivity index (χ3v) is 3.50. The first-order valence-electron chi connectivity index (χ1n) is 7.19. The Bertz CT molecular complexity index is 386. The summed E-state index contributed by atoms with van der Waals surface area (Å²) >= 11 is 0. The van der Waals surface area contributed by atoms with Crippen molar-refractivity contribution in [3.8, 4) is 0 Å². The van der Waals surface area contributed by atoms with Crippen molar-refractivity contribution in [3.63, 3.8) is 0 Å². The van der Waals surface area contributed by atoms with E-state index in [9.17, 15) is 4.79 Å². The first-order chi connectivity index (χ1) is 9.12. The number of amides is 1. The predicted molar refractivity (Wildman–Crippen MR) is 79.8 cm³/mol. The number of rotatable bonds is 7. The molecular formula is C16H26N2O. The highest BCUT2D eigenvalue weighted by Gasteiger charge is 2.19. The topological polar surface area (TPSA) is 55.1 Å². The van der Waals surface area contributed by atoms with E-state index in [2.05, 4.69) is 50.4 Å². The molecule has 2 atom stereocenters. The fourth-order valence-electron chi connectivity index (χ4n) is 2.21. The van der Waals surface area contributed by atoms with Crippen molar-refractivity contribution in [1.82, 2.24) is 5.32 Å². The molecular weight excluding hydrogens is 236 g/mol. The van der Waals surface area contributed by atoms with Crippen molar-refractivity contribution in [1.29, 1.82) is 0 Å². The molecule has 0 aromatic heterocycles. The van der Waals surface area contributed by atoms with E-state index in [0.717, 1.165) is 24.8 Å². The third kappa shape index (κ3) is 4.67. The predicted octanol–water partition coefficient (Wildman–Crippen LogP) is 2.94. The maximum absolute atomic E-state index is 12.2. The monoisotopic (exact) mass is 262 g/mol. The van der Waals surface area contributed by atoms with Gasteiger partial charge in [-0.15, -0.1) is 0 Å². The number of benzene rings is 1. The molecule has 1 amide bonds. The number of hydrogen-bond donors (Lipinski definition) is 2. The van der Waals surface area contributed by atoms with E-state index >= 15 is 0 Å². The number of carbonyl (C=O) groups is 1. The van der Waals surface area contributed by atoms with E-state index in [1.54, 1.807) is 0 Å². The van der Waals surface area contributed by atoms with Crippen LogP contribution in [0, 0.1) is 12.8 Å². The molecule has 1 aromatic carbocycles. The van der Waals surface area contributed by atoms with E-state index < -0.39 is 0 Å². The van der Waals surface area contributed by atoms with Gasteiger partial charge < -0.3 is 11.1 Å². The molecule has 0 bridgehead atoms. The maximum Gasteiger partial charge on any atom is 0.224 e. The summed E-state index contributed by atoms with van der Waals surface area (Å²) in [4.78, 5) is 12.2. The van der Waals surface area contributed by atoms with Crippen molar-refractivity contribution in [2.45, 2.75) is 46.1 Å². The minimum Gasteiger partial charge on any atom is -0.349 e. The molecule has 3 nitrogen and oxygen atoms in total. The van der Waals surface area contributed by atoms with Gasteiger partial charge in [0.2, 0.25) is 5.91 Å². The van der Waals surface area contributed by atoms with Crippen LogP contribution in [0.25, 0.3) is 0 Å². The van der Waals surface area contributed by atoms with Gasteiger partial charge in [0.1, 0.15) is 0 Å². The van der Waals surface area contributed by atoms with Crippen LogP contribution in [0.5, 0.6) is 0 Å².